The van der Waals surface area contributed by atoms with Gasteiger partial charge < -0.3 is 5.32 Å². The second-order valence-electron chi connectivity index (χ2n) is 6.30. The van der Waals surface area contributed by atoms with E-state index in [2.05, 4.69) is 31.2 Å². The fourth-order valence-electron chi connectivity index (χ4n) is 2.99. The molecule has 0 aliphatic heterocycles. The summed E-state index contributed by atoms with van der Waals surface area (Å²) in [7, 11) is 0. The highest BCUT2D eigenvalue weighted by Crippen LogP contribution is 2.22. The first-order valence-corrected chi connectivity index (χ1v) is 9.82. The van der Waals surface area contributed by atoms with Crippen molar-refractivity contribution in [3.8, 4) is 5.69 Å². The molecule has 0 spiro atoms. The normalized spacial score (nSPS) is 10.9. The van der Waals surface area contributed by atoms with Crippen LogP contribution in [0.25, 0.3) is 16.7 Å². The summed E-state index contributed by atoms with van der Waals surface area (Å²) in [5, 5.41) is 3.61. The number of halogens is 2. The van der Waals surface area contributed by atoms with Gasteiger partial charge in [-0.2, -0.15) is 0 Å². The zero-order valence-electron chi connectivity index (χ0n) is 15.2. The predicted octanol–water partition coefficient (Wildman–Crippen LogP) is 4.76. The van der Waals surface area contributed by atoms with E-state index in [0.717, 1.165) is 4.47 Å². The van der Waals surface area contributed by atoms with Crippen LogP contribution in [0, 0.1) is 6.92 Å². The third-order valence-electron chi connectivity index (χ3n) is 4.37. The number of carbonyl (C=O) groups is 1. The van der Waals surface area contributed by atoms with Gasteiger partial charge in [0.2, 0.25) is 0 Å². The monoisotopic (exact) mass is 468 g/mol. The standard InChI is InChI=1S/C21H14BrClN4O2/c1-12-25-19-16(3-2-10-24-19)21(29)27(12)15-7-5-14(6-8-15)26-20(28)17-11-13(22)4-9-18(17)23/h2-11H,1H3,(H,26,28). The van der Waals surface area contributed by atoms with Crippen LogP contribution in [0.3, 0.4) is 0 Å². The Balaban J connectivity index is 1.65. The van der Waals surface area contributed by atoms with Crippen LogP contribution in [0.1, 0.15) is 16.2 Å². The molecule has 0 fully saturated rings. The average molecular weight is 470 g/mol. The van der Waals surface area contributed by atoms with Crippen molar-refractivity contribution in [3.05, 3.63) is 92.0 Å². The van der Waals surface area contributed by atoms with Crippen LogP contribution in [0.2, 0.25) is 5.02 Å². The molecule has 2 aromatic heterocycles. The van der Waals surface area contributed by atoms with Crippen molar-refractivity contribution in [3.63, 3.8) is 0 Å². The Morgan fingerprint density at radius 3 is 2.66 bits per heavy atom. The first-order valence-electron chi connectivity index (χ1n) is 8.65. The molecule has 0 unspecified atom stereocenters. The van der Waals surface area contributed by atoms with E-state index in [9.17, 15) is 9.59 Å². The van der Waals surface area contributed by atoms with Crippen LogP contribution in [-0.2, 0) is 0 Å². The molecule has 8 heteroatoms. The molecule has 29 heavy (non-hydrogen) atoms. The van der Waals surface area contributed by atoms with Crippen molar-refractivity contribution in [1.29, 1.82) is 0 Å². The lowest BCUT2D eigenvalue weighted by Crippen LogP contribution is -2.22. The number of nitrogens with one attached hydrogen (secondary N) is 1. The van der Waals surface area contributed by atoms with E-state index < -0.39 is 0 Å². The van der Waals surface area contributed by atoms with E-state index in [1.807, 2.05) is 0 Å². The molecule has 6 nitrogen and oxygen atoms in total. The Hall–Kier alpha value is -3.03. The average Bonchev–Trinajstić information content (AvgIpc) is 2.71. The molecule has 4 aromatic rings. The van der Waals surface area contributed by atoms with E-state index in [1.165, 1.54) is 4.57 Å². The van der Waals surface area contributed by atoms with Crippen LogP contribution in [0.15, 0.2) is 70.1 Å². The third kappa shape index (κ3) is 3.79. The number of hydrogen-bond acceptors (Lipinski definition) is 4. The Morgan fingerprint density at radius 1 is 1.14 bits per heavy atom. The summed E-state index contributed by atoms with van der Waals surface area (Å²) in [5.41, 5.74) is 1.81. The van der Waals surface area contributed by atoms with Gasteiger partial charge in [-0.25, -0.2) is 9.97 Å². The van der Waals surface area contributed by atoms with Gasteiger partial charge in [-0.1, -0.05) is 27.5 Å². The van der Waals surface area contributed by atoms with Crippen LogP contribution < -0.4 is 10.9 Å². The lowest BCUT2D eigenvalue weighted by Gasteiger charge is -2.12. The molecule has 2 heterocycles. The molecule has 4 rings (SSSR count). The van der Waals surface area contributed by atoms with Crippen LogP contribution in [0.5, 0.6) is 0 Å². The van der Waals surface area contributed by atoms with Crippen molar-refractivity contribution in [2.24, 2.45) is 0 Å². The van der Waals surface area contributed by atoms with Gasteiger partial charge in [0.05, 0.1) is 21.7 Å². The molecule has 0 saturated carbocycles. The quantitative estimate of drug-likeness (QED) is 0.469. The Bertz CT molecular complexity index is 1300. The number of rotatable bonds is 3. The molecule has 0 atom stereocenters. The molecule has 2 aromatic carbocycles. The van der Waals surface area contributed by atoms with E-state index in [0.29, 0.717) is 38.8 Å². The summed E-state index contributed by atoms with van der Waals surface area (Å²) in [6, 6.07) is 15.4. The van der Waals surface area contributed by atoms with Crippen molar-refractivity contribution >= 4 is 50.2 Å². The molecule has 0 aliphatic rings. The maximum absolute atomic E-state index is 12.9. The highest BCUT2D eigenvalue weighted by Gasteiger charge is 2.13. The molecule has 1 amide bonds. The van der Waals surface area contributed by atoms with E-state index in [-0.39, 0.29) is 11.5 Å². The summed E-state index contributed by atoms with van der Waals surface area (Å²) in [6.45, 7) is 1.75. The number of fused-ring (bicyclic) bond motifs is 1. The highest BCUT2D eigenvalue weighted by molar-refractivity contribution is 9.10. The highest BCUT2D eigenvalue weighted by atomic mass is 79.9. The minimum atomic E-state index is -0.323. The lowest BCUT2D eigenvalue weighted by atomic mass is 10.2. The van der Waals surface area contributed by atoms with E-state index in [4.69, 9.17) is 11.6 Å². The zero-order valence-corrected chi connectivity index (χ0v) is 17.5. The fourth-order valence-corrected chi connectivity index (χ4v) is 3.56. The minimum absolute atomic E-state index is 0.196. The summed E-state index contributed by atoms with van der Waals surface area (Å²) >= 11 is 9.45. The number of anilines is 1. The molecular formula is C21H14BrClN4O2. The zero-order chi connectivity index (χ0) is 20.5. The second-order valence-corrected chi connectivity index (χ2v) is 7.62. The first kappa shape index (κ1) is 19.3. The number of aryl methyl sites for hydroxylation is 1. The predicted molar refractivity (Wildman–Crippen MR) is 117 cm³/mol. The maximum atomic E-state index is 12.9. The van der Waals surface area contributed by atoms with Gasteiger partial charge in [0, 0.05) is 16.4 Å². The molecule has 1 N–H and O–H groups in total. The van der Waals surface area contributed by atoms with E-state index >= 15 is 0 Å². The maximum Gasteiger partial charge on any atom is 0.267 e. The topological polar surface area (TPSA) is 76.9 Å². The number of benzene rings is 2. The molecule has 0 aliphatic carbocycles. The number of nitrogens with zero attached hydrogens (tertiary/aromatic N) is 3. The van der Waals surface area contributed by atoms with Gasteiger partial charge in [-0.05, 0) is 61.5 Å². The SMILES string of the molecule is Cc1nc2ncccc2c(=O)n1-c1ccc(NC(=O)c2cc(Br)ccc2Cl)cc1. The largest absolute Gasteiger partial charge is 0.322 e. The number of amides is 1. The van der Waals surface area contributed by atoms with Gasteiger partial charge in [-0.15, -0.1) is 0 Å². The smallest absolute Gasteiger partial charge is 0.267 e. The van der Waals surface area contributed by atoms with Gasteiger partial charge in [0.1, 0.15) is 5.82 Å². The van der Waals surface area contributed by atoms with Crippen LogP contribution >= 0.6 is 27.5 Å². The van der Waals surface area contributed by atoms with Crippen molar-refractivity contribution in [1.82, 2.24) is 14.5 Å². The Kier molecular flexibility index (Phi) is 5.17. The number of hydrogen-bond donors (Lipinski definition) is 1. The molecule has 0 saturated heterocycles. The summed E-state index contributed by atoms with van der Waals surface area (Å²) in [5.74, 6) is 0.203. The number of carbonyl (C=O) groups excluding carboxylic acids is 1. The van der Waals surface area contributed by atoms with Crippen molar-refractivity contribution in [2.75, 3.05) is 5.32 Å². The van der Waals surface area contributed by atoms with Crippen molar-refractivity contribution < 1.29 is 4.79 Å². The van der Waals surface area contributed by atoms with Gasteiger partial charge in [-0.3, -0.25) is 14.2 Å². The molecular weight excluding hydrogens is 456 g/mol. The minimum Gasteiger partial charge on any atom is -0.322 e. The fraction of sp³-hybridized carbons (Fsp3) is 0.0476. The first-order chi connectivity index (χ1) is 13.9. The van der Waals surface area contributed by atoms with Gasteiger partial charge >= 0.3 is 0 Å². The summed E-state index contributed by atoms with van der Waals surface area (Å²) in [6.07, 6.45) is 1.60. The molecule has 0 radical (unpaired) electrons. The summed E-state index contributed by atoms with van der Waals surface area (Å²) < 4.78 is 2.27. The van der Waals surface area contributed by atoms with Crippen molar-refractivity contribution in [2.45, 2.75) is 6.92 Å². The Morgan fingerprint density at radius 2 is 1.90 bits per heavy atom. The number of pyridine rings is 1. The lowest BCUT2D eigenvalue weighted by molar-refractivity contribution is 0.102. The molecule has 0 bridgehead atoms. The van der Waals surface area contributed by atoms with E-state index in [1.54, 1.807) is 67.7 Å². The molecule has 144 valence electrons. The van der Waals surface area contributed by atoms with Crippen LogP contribution in [0.4, 0.5) is 5.69 Å². The second kappa shape index (κ2) is 7.77. The third-order valence-corrected chi connectivity index (χ3v) is 5.19. The van der Waals surface area contributed by atoms with Crippen LogP contribution in [-0.4, -0.2) is 20.4 Å². The summed E-state index contributed by atoms with van der Waals surface area (Å²) in [4.78, 5) is 33.9. The Labute approximate surface area is 179 Å². The number of aromatic nitrogens is 3. The van der Waals surface area contributed by atoms with Gasteiger partial charge in [0.25, 0.3) is 11.5 Å². The van der Waals surface area contributed by atoms with Gasteiger partial charge in [0.15, 0.2) is 5.65 Å².